The Morgan fingerprint density at radius 2 is 1.82 bits per heavy atom. The van der Waals surface area contributed by atoms with Crippen molar-refractivity contribution in [2.75, 3.05) is 7.11 Å². The SMILES string of the molecule is COOc1ccc(C(=O)O)c(-c2c3ccc(=O)cc-3oc3cc(O)ccc23)c1. The average molecular weight is 378 g/mol. The van der Waals surface area contributed by atoms with Crippen molar-refractivity contribution in [2.45, 2.75) is 0 Å². The van der Waals surface area contributed by atoms with Crippen molar-refractivity contribution < 1.29 is 29.2 Å². The summed E-state index contributed by atoms with van der Waals surface area (Å²) in [5.41, 5.74) is 1.54. The molecule has 7 heteroatoms. The van der Waals surface area contributed by atoms with Crippen LogP contribution in [0, 0.1) is 0 Å². The van der Waals surface area contributed by atoms with Crippen LogP contribution in [-0.4, -0.2) is 23.3 Å². The number of carboxylic acid groups (broad SMARTS) is 1. The maximum Gasteiger partial charge on any atom is 0.336 e. The summed E-state index contributed by atoms with van der Waals surface area (Å²) in [5, 5.41) is 20.1. The van der Waals surface area contributed by atoms with Crippen LogP contribution >= 0.6 is 0 Å². The third-order valence-corrected chi connectivity index (χ3v) is 4.35. The minimum Gasteiger partial charge on any atom is -0.508 e. The van der Waals surface area contributed by atoms with Crippen molar-refractivity contribution in [1.82, 2.24) is 0 Å². The van der Waals surface area contributed by atoms with Gasteiger partial charge in [-0.1, -0.05) is 0 Å². The summed E-state index contributed by atoms with van der Waals surface area (Å²) in [5.74, 6) is -0.561. The molecule has 28 heavy (non-hydrogen) atoms. The average Bonchev–Trinajstić information content (AvgIpc) is 2.66. The number of rotatable bonds is 4. The van der Waals surface area contributed by atoms with Crippen LogP contribution in [0.5, 0.6) is 11.5 Å². The lowest BCUT2D eigenvalue weighted by Crippen LogP contribution is -2.04. The number of carboxylic acids is 1. The highest BCUT2D eigenvalue weighted by molar-refractivity contribution is 6.07. The van der Waals surface area contributed by atoms with Gasteiger partial charge in [0.15, 0.2) is 11.2 Å². The molecular weight excluding hydrogens is 364 g/mol. The third-order valence-electron chi connectivity index (χ3n) is 4.35. The highest BCUT2D eigenvalue weighted by Crippen LogP contribution is 2.42. The summed E-state index contributed by atoms with van der Waals surface area (Å²) in [7, 11) is 1.34. The number of aromatic hydroxyl groups is 1. The molecule has 2 aromatic carbocycles. The highest BCUT2D eigenvalue weighted by atomic mass is 17.2. The Bertz CT molecular complexity index is 1240. The number of fused-ring (bicyclic) bond motifs is 2. The van der Waals surface area contributed by atoms with Gasteiger partial charge in [-0.25, -0.2) is 4.79 Å². The summed E-state index contributed by atoms with van der Waals surface area (Å²) < 4.78 is 5.78. The molecule has 0 aromatic heterocycles. The van der Waals surface area contributed by atoms with Gasteiger partial charge in [-0.2, -0.15) is 4.89 Å². The number of phenols is 1. The lowest BCUT2D eigenvalue weighted by atomic mass is 9.90. The second-order valence-corrected chi connectivity index (χ2v) is 6.08. The molecule has 2 N–H and O–H groups in total. The summed E-state index contributed by atoms with van der Waals surface area (Å²) in [6, 6.07) is 13.2. The Balaban J connectivity index is 2.17. The Labute approximate surface area is 158 Å². The molecule has 0 spiro atoms. The zero-order valence-corrected chi connectivity index (χ0v) is 14.6. The van der Waals surface area contributed by atoms with E-state index in [0.717, 1.165) is 0 Å². The first-order valence-electron chi connectivity index (χ1n) is 8.26. The summed E-state index contributed by atoms with van der Waals surface area (Å²) in [4.78, 5) is 33.4. The number of phenolic OH excluding ortho intramolecular Hbond substituents is 1. The van der Waals surface area contributed by atoms with Crippen LogP contribution in [0.25, 0.3) is 33.4 Å². The summed E-state index contributed by atoms with van der Waals surface area (Å²) in [6.45, 7) is 0. The molecule has 4 rings (SSSR count). The maximum atomic E-state index is 11.9. The van der Waals surface area contributed by atoms with Crippen LogP contribution < -0.4 is 10.3 Å². The van der Waals surface area contributed by atoms with Crippen LogP contribution in [0.1, 0.15) is 10.4 Å². The van der Waals surface area contributed by atoms with Gasteiger partial charge < -0.3 is 19.5 Å². The predicted molar refractivity (Wildman–Crippen MR) is 101 cm³/mol. The molecule has 0 bridgehead atoms. The lowest BCUT2D eigenvalue weighted by molar-refractivity contribution is -0.178. The molecule has 0 saturated carbocycles. The number of hydrogen-bond acceptors (Lipinski definition) is 6. The van der Waals surface area contributed by atoms with Gasteiger partial charge in [-0.15, -0.1) is 0 Å². The van der Waals surface area contributed by atoms with Gasteiger partial charge in [0.2, 0.25) is 0 Å². The number of benzene rings is 3. The molecule has 0 fully saturated rings. The van der Waals surface area contributed by atoms with E-state index in [4.69, 9.17) is 9.30 Å². The van der Waals surface area contributed by atoms with E-state index in [1.165, 1.54) is 43.5 Å². The Morgan fingerprint density at radius 3 is 2.57 bits per heavy atom. The first-order chi connectivity index (χ1) is 13.5. The molecular formula is C21H14O7. The zero-order chi connectivity index (χ0) is 19.8. The predicted octanol–water partition coefficient (Wildman–Crippen LogP) is 3.91. The fraction of sp³-hybridized carbons (Fsp3) is 0.0476. The maximum absolute atomic E-state index is 11.9. The van der Waals surface area contributed by atoms with Crippen molar-refractivity contribution >= 4 is 16.9 Å². The van der Waals surface area contributed by atoms with Gasteiger partial charge in [-0.05, 0) is 42.5 Å². The normalized spacial score (nSPS) is 11.0. The smallest absolute Gasteiger partial charge is 0.336 e. The van der Waals surface area contributed by atoms with Crippen LogP contribution in [-0.2, 0) is 4.89 Å². The first kappa shape index (κ1) is 17.6. The molecule has 1 aliphatic carbocycles. The number of carbonyl (C=O) groups is 1. The van der Waals surface area contributed by atoms with Crippen LogP contribution in [0.3, 0.4) is 0 Å². The molecule has 140 valence electrons. The Hall–Kier alpha value is -3.84. The minimum absolute atomic E-state index is 0.0187. The largest absolute Gasteiger partial charge is 0.508 e. The van der Waals surface area contributed by atoms with Crippen molar-refractivity contribution in [2.24, 2.45) is 0 Å². The Kier molecular flexibility index (Phi) is 4.21. The molecule has 2 aromatic rings. The zero-order valence-electron chi connectivity index (χ0n) is 14.6. The lowest BCUT2D eigenvalue weighted by Gasteiger charge is -2.17. The second-order valence-electron chi connectivity index (χ2n) is 6.08. The van der Waals surface area contributed by atoms with Crippen molar-refractivity contribution in [1.29, 1.82) is 0 Å². The van der Waals surface area contributed by atoms with Gasteiger partial charge >= 0.3 is 5.97 Å². The summed E-state index contributed by atoms with van der Waals surface area (Å²) in [6.07, 6.45) is 0. The van der Waals surface area contributed by atoms with E-state index in [2.05, 4.69) is 4.89 Å². The van der Waals surface area contributed by atoms with Gasteiger partial charge in [0, 0.05) is 34.2 Å². The van der Waals surface area contributed by atoms with E-state index >= 15 is 0 Å². The molecule has 0 amide bonds. The van der Waals surface area contributed by atoms with E-state index in [-0.39, 0.29) is 22.5 Å². The van der Waals surface area contributed by atoms with Crippen LogP contribution in [0.4, 0.5) is 0 Å². The van der Waals surface area contributed by atoms with Gasteiger partial charge in [0.1, 0.15) is 17.1 Å². The first-order valence-corrected chi connectivity index (χ1v) is 8.26. The van der Waals surface area contributed by atoms with Crippen LogP contribution in [0.15, 0.2) is 63.8 Å². The van der Waals surface area contributed by atoms with Crippen molar-refractivity contribution in [3.05, 3.63) is 70.4 Å². The highest BCUT2D eigenvalue weighted by Gasteiger charge is 2.22. The van der Waals surface area contributed by atoms with Crippen molar-refractivity contribution in [3.8, 4) is 33.9 Å². The number of aromatic carboxylic acids is 1. The fourth-order valence-electron chi connectivity index (χ4n) is 3.21. The van der Waals surface area contributed by atoms with Gasteiger partial charge in [-0.3, -0.25) is 4.79 Å². The quantitative estimate of drug-likeness (QED) is 0.315. The molecule has 0 atom stereocenters. The standard InChI is InChI=1S/C21H14O7/c1-26-28-13-4-7-14(21(24)25)17(10-13)20-15-5-2-11(22)8-18(15)27-19-9-12(23)3-6-16(19)20/h2-10,22H,1H3,(H,24,25). The van der Waals surface area contributed by atoms with Crippen molar-refractivity contribution in [3.63, 3.8) is 0 Å². The summed E-state index contributed by atoms with van der Waals surface area (Å²) >= 11 is 0. The molecule has 2 aliphatic rings. The molecule has 1 aliphatic heterocycles. The third kappa shape index (κ3) is 2.93. The van der Waals surface area contributed by atoms with Gasteiger partial charge in [0.05, 0.1) is 12.7 Å². The molecule has 0 saturated heterocycles. The Morgan fingerprint density at radius 1 is 1.00 bits per heavy atom. The second kappa shape index (κ2) is 6.71. The monoisotopic (exact) mass is 378 g/mol. The van der Waals surface area contributed by atoms with Crippen LogP contribution in [0.2, 0.25) is 0 Å². The van der Waals surface area contributed by atoms with E-state index in [1.54, 1.807) is 18.2 Å². The van der Waals surface area contributed by atoms with E-state index in [9.17, 15) is 19.8 Å². The van der Waals surface area contributed by atoms with Gasteiger partial charge in [0.25, 0.3) is 0 Å². The van der Waals surface area contributed by atoms with E-state index < -0.39 is 5.97 Å². The number of hydrogen-bond donors (Lipinski definition) is 2. The topological polar surface area (TPSA) is 106 Å². The molecule has 0 radical (unpaired) electrons. The molecule has 0 unspecified atom stereocenters. The minimum atomic E-state index is -1.12. The molecule has 1 heterocycles. The van der Waals surface area contributed by atoms with E-state index in [0.29, 0.717) is 33.4 Å². The fourth-order valence-corrected chi connectivity index (χ4v) is 3.21. The molecule has 7 nitrogen and oxygen atoms in total. The van der Waals surface area contributed by atoms with E-state index in [1.807, 2.05) is 0 Å².